The smallest absolute Gasteiger partial charge is 0.246 e. The topological polar surface area (TPSA) is 20.3 Å². The van der Waals surface area contributed by atoms with Gasteiger partial charge in [0.25, 0.3) is 0 Å². The number of nitrogens with zero attached hydrogens (tertiary/aromatic N) is 1. The number of hydrogen-bond acceptors (Lipinski definition) is 2. The van der Waals surface area contributed by atoms with Gasteiger partial charge in [0, 0.05) is 16.5 Å². The van der Waals surface area contributed by atoms with Gasteiger partial charge in [-0.2, -0.15) is 0 Å². The molecule has 2 aromatic carbocycles. The second-order valence-corrected chi connectivity index (χ2v) is 7.84. The van der Waals surface area contributed by atoms with Crippen LogP contribution in [0.25, 0.3) is 0 Å². The van der Waals surface area contributed by atoms with Crippen molar-refractivity contribution in [1.29, 1.82) is 0 Å². The van der Waals surface area contributed by atoms with Crippen LogP contribution in [0.2, 0.25) is 5.02 Å². The molecule has 1 fully saturated rings. The van der Waals surface area contributed by atoms with Gasteiger partial charge in [0.15, 0.2) is 0 Å². The van der Waals surface area contributed by atoms with E-state index in [0.29, 0.717) is 11.6 Å². The van der Waals surface area contributed by atoms with E-state index < -0.39 is 10.2 Å². The average Bonchev–Trinajstić information content (AvgIpc) is 2.53. The molecule has 0 aromatic heterocycles. The molecule has 2 nitrogen and oxygen atoms in total. The van der Waals surface area contributed by atoms with E-state index in [9.17, 15) is 4.79 Å². The van der Waals surface area contributed by atoms with Crippen LogP contribution in [0, 0.1) is 6.92 Å². The van der Waals surface area contributed by atoms with Crippen molar-refractivity contribution in [1.82, 2.24) is 4.90 Å². The number of β-lactam (4-membered cyclic amide) rings is 1. The highest BCUT2D eigenvalue weighted by atomic mass is 35.5. The van der Waals surface area contributed by atoms with E-state index in [-0.39, 0.29) is 5.91 Å². The number of amides is 1. The third-order valence-corrected chi connectivity index (χ3v) is 6.80. The van der Waals surface area contributed by atoms with Crippen molar-refractivity contribution in [3.63, 3.8) is 0 Å². The maximum Gasteiger partial charge on any atom is 0.246 e. The molecule has 1 saturated heterocycles. The number of carbonyl (C=O) groups is 1. The van der Waals surface area contributed by atoms with Crippen LogP contribution < -0.4 is 0 Å². The summed E-state index contributed by atoms with van der Waals surface area (Å²) in [5.41, 5.74) is 3.41. The molecule has 112 valence electrons. The number of benzene rings is 2. The van der Waals surface area contributed by atoms with Gasteiger partial charge in [-0.15, -0.1) is 11.6 Å². The summed E-state index contributed by atoms with van der Waals surface area (Å²) in [7, 11) is 0. The molecule has 0 radical (unpaired) electrons. The quantitative estimate of drug-likeness (QED) is 0.555. The van der Waals surface area contributed by atoms with Crippen LogP contribution in [0.15, 0.2) is 47.4 Å². The molecule has 22 heavy (non-hydrogen) atoms. The van der Waals surface area contributed by atoms with Crippen molar-refractivity contribution in [2.24, 2.45) is 0 Å². The van der Waals surface area contributed by atoms with Gasteiger partial charge < -0.3 is 4.90 Å². The lowest BCUT2D eigenvalue weighted by Gasteiger charge is -2.57. The van der Waals surface area contributed by atoms with Gasteiger partial charge in [0.1, 0.15) is 10.2 Å². The first-order valence-electron chi connectivity index (χ1n) is 7.02. The Labute approximate surface area is 143 Å². The second kappa shape index (κ2) is 4.92. The highest BCUT2D eigenvalue weighted by Gasteiger charge is 2.63. The Morgan fingerprint density at radius 2 is 1.95 bits per heavy atom. The van der Waals surface area contributed by atoms with Crippen LogP contribution in [-0.4, -0.2) is 16.2 Å². The van der Waals surface area contributed by atoms with Crippen molar-refractivity contribution >= 4 is 40.9 Å². The summed E-state index contributed by atoms with van der Waals surface area (Å²) in [6.07, 6.45) is 0. The normalized spacial score (nSPS) is 26.2. The monoisotopic (exact) mass is 349 g/mol. The van der Waals surface area contributed by atoms with Crippen LogP contribution in [0.1, 0.15) is 16.7 Å². The lowest BCUT2D eigenvalue weighted by atomic mass is 9.90. The third kappa shape index (κ3) is 1.86. The Kier molecular flexibility index (Phi) is 3.23. The third-order valence-electron chi connectivity index (χ3n) is 4.30. The van der Waals surface area contributed by atoms with E-state index >= 15 is 0 Å². The van der Waals surface area contributed by atoms with Crippen molar-refractivity contribution in [2.75, 3.05) is 0 Å². The molecule has 2 heterocycles. The molecule has 1 amide bonds. The fourth-order valence-corrected chi connectivity index (χ4v) is 5.23. The predicted molar refractivity (Wildman–Crippen MR) is 90.4 cm³/mol. The molecule has 5 heteroatoms. The Balaban J connectivity index is 1.84. The van der Waals surface area contributed by atoms with Gasteiger partial charge in [0.2, 0.25) is 5.91 Å². The van der Waals surface area contributed by atoms with E-state index in [1.54, 1.807) is 11.8 Å². The molecular weight excluding hydrogens is 337 g/mol. The fourth-order valence-electron chi connectivity index (χ4n) is 3.16. The SMILES string of the molecule is Cc1ccc2c(c1)CN1C(=O)C(Cl)C1(c1ccc(Cl)cc1)S2. The van der Waals surface area contributed by atoms with Gasteiger partial charge in [-0.3, -0.25) is 4.79 Å². The van der Waals surface area contributed by atoms with E-state index in [1.807, 2.05) is 29.2 Å². The van der Waals surface area contributed by atoms with E-state index in [0.717, 1.165) is 5.56 Å². The number of fused-ring (bicyclic) bond motifs is 2. The molecule has 0 N–H and O–H groups in total. The molecular formula is C17H13Cl2NOS. The summed E-state index contributed by atoms with van der Waals surface area (Å²) in [6.45, 7) is 2.67. The molecule has 0 saturated carbocycles. The fraction of sp³-hybridized carbons (Fsp3) is 0.235. The zero-order valence-electron chi connectivity index (χ0n) is 11.8. The number of thioether (sulfide) groups is 1. The Morgan fingerprint density at radius 1 is 1.23 bits per heavy atom. The molecule has 4 rings (SSSR count). The number of hydrogen-bond donors (Lipinski definition) is 0. The van der Waals surface area contributed by atoms with Crippen LogP contribution in [0.3, 0.4) is 0 Å². The van der Waals surface area contributed by atoms with E-state index in [4.69, 9.17) is 23.2 Å². The Bertz CT molecular complexity index is 777. The van der Waals surface area contributed by atoms with Crippen LogP contribution in [0.4, 0.5) is 0 Å². The summed E-state index contributed by atoms with van der Waals surface area (Å²) in [5.74, 6) is -0.00345. The van der Waals surface area contributed by atoms with Gasteiger partial charge >= 0.3 is 0 Å². The number of alkyl halides is 1. The first-order valence-corrected chi connectivity index (χ1v) is 8.65. The number of aryl methyl sites for hydroxylation is 1. The highest BCUT2D eigenvalue weighted by Crippen LogP contribution is 2.59. The maximum absolute atomic E-state index is 12.3. The van der Waals surface area contributed by atoms with Crippen LogP contribution in [-0.2, 0) is 16.2 Å². The average molecular weight is 350 g/mol. The zero-order chi connectivity index (χ0) is 15.5. The molecule has 0 spiro atoms. The standard InChI is InChI=1S/C17H13Cl2NOS/c1-10-2-7-14-11(8-10)9-20-16(21)15(19)17(20,22-14)12-3-5-13(18)6-4-12/h2-8,15H,9H2,1H3. The summed E-state index contributed by atoms with van der Waals surface area (Å²) >= 11 is 14.1. The number of rotatable bonds is 1. The van der Waals surface area contributed by atoms with Gasteiger partial charge in [-0.25, -0.2) is 0 Å². The van der Waals surface area contributed by atoms with Gasteiger partial charge in [-0.05, 0) is 36.2 Å². The summed E-state index contributed by atoms with van der Waals surface area (Å²) in [6, 6.07) is 14.0. The minimum atomic E-state index is -0.548. The largest absolute Gasteiger partial charge is 0.316 e. The lowest BCUT2D eigenvalue weighted by Crippen LogP contribution is -2.68. The maximum atomic E-state index is 12.3. The molecule has 2 aliphatic heterocycles. The molecule has 2 aromatic rings. The molecule has 2 aliphatic rings. The minimum absolute atomic E-state index is 0.00345. The molecule has 2 atom stereocenters. The summed E-state index contributed by atoms with van der Waals surface area (Å²) in [5, 5.41) is 0.133. The van der Waals surface area contributed by atoms with E-state index in [1.165, 1.54) is 16.0 Å². The van der Waals surface area contributed by atoms with Gasteiger partial charge in [-0.1, -0.05) is 53.2 Å². The predicted octanol–water partition coefficient (Wildman–Crippen LogP) is 4.56. The molecule has 0 bridgehead atoms. The molecule has 0 aliphatic carbocycles. The highest BCUT2D eigenvalue weighted by molar-refractivity contribution is 8.00. The summed E-state index contributed by atoms with van der Waals surface area (Å²) in [4.78, 5) is 14.8. The minimum Gasteiger partial charge on any atom is -0.316 e. The lowest BCUT2D eigenvalue weighted by molar-refractivity contribution is -0.149. The van der Waals surface area contributed by atoms with Crippen molar-refractivity contribution in [3.8, 4) is 0 Å². The second-order valence-electron chi connectivity index (χ2n) is 5.70. The number of halogens is 2. The summed E-state index contributed by atoms with van der Waals surface area (Å²) < 4.78 is 0. The van der Waals surface area contributed by atoms with Crippen molar-refractivity contribution in [2.45, 2.75) is 28.6 Å². The molecule has 2 unspecified atom stereocenters. The van der Waals surface area contributed by atoms with Crippen molar-refractivity contribution in [3.05, 3.63) is 64.2 Å². The first kappa shape index (κ1) is 14.4. The zero-order valence-corrected chi connectivity index (χ0v) is 14.2. The van der Waals surface area contributed by atoms with E-state index in [2.05, 4.69) is 25.1 Å². The van der Waals surface area contributed by atoms with Crippen LogP contribution in [0.5, 0.6) is 0 Å². The van der Waals surface area contributed by atoms with Crippen LogP contribution >= 0.6 is 35.0 Å². The van der Waals surface area contributed by atoms with Crippen molar-refractivity contribution < 1.29 is 4.79 Å². The number of carbonyl (C=O) groups excluding carboxylic acids is 1. The Morgan fingerprint density at radius 3 is 2.68 bits per heavy atom. The first-order chi connectivity index (χ1) is 10.5. The Hall–Kier alpha value is -1.16. The van der Waals surface area contributed by atoms with Gasteiger partial charge in [0.05, 0.1) is 0 Å².